The number of hydrogen-bond acceptors (Lipinski definition) is 5. The molecule has 1 fully saturated rings. The van der Waals surface area contributed by atoms with Crippen LogP contribution in [0.2, 0.25) is 0 Å². The minimum Gasteiger partial charge on any atom is -0.456 e. The van der Waals surface area contributed by atoms with E-state index >= 15 is 0 Å². The summed E-state index contributed by atoms with van der Waals surface area (Å²) in [4.78, 5) is 12.8. The second-order valence-corrected chi connectivity index (χ2v) is 9.19. The van der Waals surface area contributed by atoms with Crippen LogP contribution in [0.15, 0.2) is 40.8 Å². The van der Waals surface area contributed by atoms with Gasteiger partial charge in [0.25, 0.3) is 0 Å². The SMILES string of the molecule is CC(C)C[C@H](N[C@H](c1ccc2c(c1)oc1ccc(C#N)cc12)C(F)(F)F)C(=O)NC1(C#N)CC1. The van der Waals surface area contributed by atoms with Crippen LogP contribution in [0.4, 0.5) is 13.2 Å². The van der Waals surface area contributed by atoms with Gasteiger partial charge in [0.1, 0.15) is 22.7 Å². The fourth-order valence-electron chi connectivity index (χ4n) is 4.06. The van der Waals surface area contributed by atoms with Crippen molar-refractivity contribution in [1.82, 2.24) is 10.6 Å². The largest absolute Gasteiger partial charge is 0.456 e. The molecule has 4 rings (SSSR count). The number of furan rings is 1. The molecule has 176 valence electrons. The summed E-state index contributed by atoms with van der Waals surface area (Å²) >= 11 is 0. The Labute approximate surface area is 194 Å². The minimum atomic E-state index is -4.68. The smallest absolute Gasteiger partial charge is 0.407 e. The standard InChI is InChI=1S/C25H23F3N4O2/c1-14(2)9-19(23(33)32-24(13-30)7-8-24)31-22(25(26,27)28)16-4-5-17-18-10-15(12-29)3-6-20(18)34-21(17)11-16/h3-6,10-11,14,19,22,31H,7-9H2,1-2H3,(H,32,33)/t19-,22+/m0/s1. The van der Waals surface area contributed by atoms with E-state index in [0.717, 1.165) is 0 Å². The number of alkyl halides is 3. The molecule has 0 bridgehead atoms. The quantitative estimate of drug-likeness (QED) is 0.494. The maximum Gasteiger partial charge on any atom is 0.407 e. The Hall–Kier alpha value is -3.56. The highest BCUT2D eigenvalue weighted by molar-refractivity contribution is 6.05. The number of amides is 1. The molecule has 1 aliphatic rings. The van der Waals surface area contributed by atoms with Gasteiger partial charge in [-0.15, -0.1) is 0 Å². The molecule has 0 saturated heterocycles. The lowest BCUT2D eigenvalue weighted by Gasteiger charge is -2.29. The van der Waals surface area contributed by atoms with E-state index in [4.69, 9.17) is 9.68 Å². The number of rotatable bonds is 7. The number of nitriles is 2. The lowest BCUT2D eigenvalue weighted by molar-refractivity contribution is -0.161. The summed E-state index contributed by atoms with van der Waals surface area (Å²) in [5, 5.41) is 24.7. The van der Waals surface area contributed by atoms with Gasteiger partial charge in [-0.2, -0.15) is 23.7 Å². The van der Waals surface area contributed by atoms with Crippen LogP contribution in [-0.4, -0.2) is 23.7 Å². The van der Waals surface area contributed by atoms with Gasteiger partial charge in [-0.25, -0.2) is 0 Å². The monoisotopic (exact) mass is 468 g/mol. The molecular weight excluding hydrogens is 445 g/mol. The molecule has 3 aromatic rings. The van der Waals surface area contributed by atoms with Crippen LogP contribution in [0.3, 0.4) is 0 Å². The maximum atomic E-state index is 14.2. The van der Waals surface area contributed by atoms with Crippen molar-refractivity contribution in [2.75, 3.05) is 0 Å². The zero-order valence-corrected chi connectivity index (χ0v) is 18.7. The van der Waals surface area contributed by atoms with E-state index in [2.05, 4.69) is 10.6 Å². The van der Waals surface area contributed by atoms with Crippen LogP contribution >= 0.6 is 0 Å². The van der Waals surface area contributed by atoms with Gasteiger partial charge in [0.05, 0.1) is 23.7 Å². The van der Waals surface area contributed by atoms with Crippen molar-refractivity contribution >= 4 is 27.8 Å². The molecule has 0 aliphatic heterocycles. The summed E-state index contributed by atoms with van der Waals surface area (Å²) in [5.74, 6) is -0.669. The van der Waals surface area contributed by atoms with Gasteiger partial charge in [0.15, 0.2) is 0 Å². The summed E-state index contributed by atoms with van der Waals surface area (Å²) in [7, 11) is 0. The first-order chi connectivity index (χ1) is 16.0. The second kappa shape index (κ2) is 8.66. The molecule has 1 aromatic heterocycles. The highest BCUT2D eigenvalue weighted by Gasteiger charge is 2.47. The predicted molar refractivity (Wildman–Crippen MR) is 119 cm³/mol. The Morgan fingerprint density at radius 3 is 2.44 bits per heavy atom. The predicted octanol–water partition coefficient (Wildman–Crippen LogP) is 5.24. The molecule has 1 heterocycles. The number of halogens is 3. The molecule has 0 spiro atoms. The molecule has 2 aromatic carbocycles. The molecule has 0 unspecified atom stereocenters. The van der Waals surface area contributed by atoms with Gasteiger partial charge in [0, 0.05) is 10.8 Å². The van der Waals surface area contributed by atoms with E-state index in [0.29, 0.717) is 34.8 Å². The van der Waals surface area contributed by atoms with Crippen molar-refractivity contribution in [1.29, 1.82) is 10.5 Å². The van der Waals surface area contributed by atoms with Crippen LogP contribution < -0.4 is 10.6 Å². The molecule has 9 heteroatoms. The highest BCUT2D eigenvalue weighted by Crippen LogP contribution is 2.38. The molecular formula is C25H23F3N4O2. The van der Waals surface area contributed by atoms with Gasteiger partial charge < -0.3 is 9.73 Å². The molecule has 34 heavy (non-hydrogen) atoms. The maximum absolute atomic E-state index is 14.2. The fourth-order valence-corrected chi connectivity index (χ4v) is 4.06. The Bertz CT molecular complexity index is 1330. The summed E-state index contributed by atoms with van der Waals surface area (Å²) < 4.78 is 48.3. The van der Waals surface area contributed by atoms with E-state index in [9.17, 15) is 23.2 Å². The molecule has 1 saturated carbocycles. The number of hydrogen-bond donors (Lipinski definition) is 2. The van der Waals surface area contributed by atoms with E-state index in [1.165, 1.54) is 18.2 Å². The second-order valence-electron chi connectivity index (χ2n) is 9.19. The third-order valence-corrected chi connectivity index (χ3v) is 6.00. The number of nitrogens with one attached hydrogen (secondary N) is 2. The number of fused-ring (bicyclic) bond motifs is 3. The number of carbonyl (C=O) groups is 1. The van der Waals surface area contributed by atoms with Gasteiger partial charge >= 0.3 is 6.18 Å². The zero-order valence-electron chi connectivity index (χ0n) is 18.7. The third-order valence-electron chi connectivity index (χ3n) is 6.00. The Balaban J connectivity index is 1.69. The fraction of sp³-hybridized carbons (Fsp3) is 0.400. The van der Waals surface area contributed by atoms with Crippen LogP contribution in [0.1, 0.15) is 50.3 Å². The van der Waals surface area contributed by atoms with Crippen LogP contribution in [0.5, 0.6) is 0 Å². The summed E-state index contributed by atoms with van der Waals surface area (Å²) in [5.41, 5.74) is 0.0675. The number of nitrogens with zero attached hydrogens (tertiary/aromatic N) is 2. The molecule has 1 aliphatic carbocycles. The third kappa shape index (κ3) is 4.71. The van der Waals surface area contributed by atoms with Crippen molar-refractivity contribution in [3.63, 3.8) is 0 Å². The molecule has 0 radical (unpaired) electrons. The van der Waals surface area contributed by atoms with Crippen molar-refractivity contribution < 1.29 is 22.4 Å². The van der Waals surface area contributed by atoms with Crippen LogP contribution in [0, 0.1) is 28.6 Å². The van der Waals surface area contributed by atoms with Gasteiger partial charge in [-0.1, -0.05) is 26.0 Å². The highest BCUT2D eigenvalue weighted by atomic mass is 19.4. The average molecular weight is 468 g/mol. The summed E-state index contributed by atoms with van der Waals surface area (Å²) in [6, 6.07) is 9.83. The van der Waals surface area contributed by atoms with Crippen molar-refractivity contribution in [3.05, 3.63) is 47.5 Å². The Morgan fingerprint density at radius 1 is 1.12 bits per heavy atom. The average Bonchev–Trinajstić information content (AvgIpc) is 3.46. The Morgan fingerprint density at radius 2 is 1.85 bits per heavy atom. The number of carbonyl (C=O) groups excluding carboxylic acids is 1. The van der Waals surface area contributed by atoms with Crippen LogP contribution in [-0.2, 0) is 4.79 Å². The molecule has 1 amide bonds. The van der Waals surface area contributed by atoms with Gasteiger partial charge in [0.2, 0.25) is 5.91 Å². The first kappa shape index (κ1) is 23.6. The molecule has 6 nitrogen and oxygen atoms in total. The van der Waals surface area contributed by atoms with E-state index < -0.39 is 29.7 Å². The lowest BCUT2D eigenvalue weighted by atomic mass is 9.98. The van der Waals surface area contributed by atoms with Crippen LogP contribution in [0.25, 0.3) is 21.9 Å². The molecule has 2 N–H and O–H groups in total. The van der Waals surface area contributed by atoms with Gasteiger partial charge in [-0.3, -0.25) is 10.1 Å². The summed E-state index contributed by atoms with van der Waals surface area (Å²) in [6.45, 7) is 3.63. The zero-order chi connectivity index (χ0) is 24.7. The van der Waals surface area contributed by atoms with Crippen molar-refractivity contribution in [2.24, 2.45) is 5.92 Å². The van der Waals surface area contributed by atoms with E-state index in [1.807, 2.05) is 26.0 Å². The number of benzene rings is 2. The first-order valence-corrected chi connectivity index (χ1v) is 11.0. The van der Waals surface area contributed by atoms with Crippen molar-refractivity contribution in [3.8, 4) is 12.1 Å². The Kier molecular flexibility index (Phi) is 6.01. The van der Waals surface area contributed by atoms with E-state index in [-0.39, 0.29) is 23.5 Å². The first-order valence-electron chi connectivity index (χ1n) is 11.0. The normalized spacial score (nSPS) is 16.7. The minimum absolute atomic E-state index is 0.0541. The van der Waals surface area contributed by atoms with Crippen molar-refractivity contribution in [2.45, 2.75) is 56.9 Å². The van der Waals surface area contributed by atoms with Gasteiger partial charge in [-0.05, 0) is 55.0 Å². The van der Waals surface area contributed by atoms with E-state index in [1.54, 1.807) is 18.2 Å². The molecule has 2 atom stereocenters. The topological polar surface area (TPSA) is 102 Å². The lowest BCUT2D eigenvalue weighted by Crippen LogP contribution is -2.52. The summed E-state index contributed by atoms with van der Waals surface area (Å²) in [6.07, 6.45) is -3.54.